The zero-order valence-corrected chi connectivity index (χ0v) is 9.82. The molecule has 1 aromatic carbocycles. The number of anilines is 1. The van der Waals surface area contributed by atoms with E-state index in [1.807, 2.05) is 0 Å². The van der Waals surface area contributed by atoms with Gasteiger partial charge in [-0.2, -0.15) is 0 Å². The predicted molar refractivity (Wildman–Crippen MR) is 60.6 cm³/mol. The highest BCUT2D eigenvalue weighted by atomic mass is 32.2. The van der Waals surface area contributed by atoms with Crippen LogP contribution in [-0.2, 0) is 10.0 Å². The molecule has 5 nitrogen and oxygen atoms in total. The summed E-state index contributed by atoms with van der Waals surface area (Å²) in [6, 6.07) is 3.53. The lowest BCUT2D eigenvalue weighted by molar-refractivity contribution is 0.198. The standard InChI is InChI=1S/C10H13FN2O3S/c11-9-5-8(17(12,15)16)1-2-10(9)13-4-3-7(14)6-13/h1-2,5,7,14H,3-4,6H2,(H2,12,15,16)/t7-/m0/s1. The molecule has 1 atom stereocenters. The number of hydrogen-bond acceptors (Lipinski definition) is 4. The fourth-order valence-corrected chi connectivity index (χ4v) is 2.41. The average molecular weight is 260 g/mol. The van der Waals surface area contributed by atoms with E-state index in [2.05, 4.69) is 0 Å². The van der Waals surface area contributed by atoms with Gasteiger partial charge in [-0.15, -0.1) is 0 Å². The molecule has 1 aliphatic rings. The number of primary sulfonamides is 1. The molecular weight excluding hydrogens is 247 g/mol. The lowest BCUT2D eigenvalue weighted by Gasteiger charge is -2.18. The normalized spacial score (nSPS) is 20.9. The Labute approximate surface area is 98.7 Å². The summed E-state index contributed by atoms with van der Waals surface area (Å²) >= 11 is 0. The minimum absolute atomic E-state index is 0.251. The van der Waals surface area contributed by atoms with Gasteiger partial charge in [-0.05, 0) is 24.6 Å². The number of halogens is 1. The molecule has 1 heterocycles. The van der Waals surface area contributed by atoms with Gasteiger partial charge >= 0.3 is 0 Å². The van der Waals surface area contributed by atoms with E-state index >= 15 is 0 Å². The number of aliphatic hydroxyl groups is 1. The van der Waals surface area contributed by atoms with Gasteiger partial charge in [0.15, 0.2) is 0 Å². The summed E-state index contributed by atoms with van der Waals surface area (Å²) in [4.78, 5) is 1.42. The molecule has 0 saturated carbocycles. The molecule has 0 unspecified atom stereocenters. The number of hydrogen-bond donors (Lipinski definition) is 2. The predicted octanol–water partition coefficient (Wildman–Crippen LogP) is 0.0441. The van der Waals surface area contributed by atoms with Crippen molar-refractivity contribution >= 4 is 15.7 Å². The van der Waals surface area contributed by atoms with Crippen molar-refractivity contribution in [3.63, 3.8) is 0 Å². The van der Waals surface area contributed by atoms with Gasteiger partial charge < -0.3 is 10.0 Å². The van der Waals surface area contributed by atoms with E-state index in [-0.39, 0.29) is 10.6 Å². The molecule has 1 aromatic rings. The minimum Gasteiger partial charge on any atom is -0.391 e. The van der Waals surface area contributed by atoms with Gasteiger partial charge in [0.25, 0.3) is 0 Å². The summed E-state index contributed by atoms with van der Waals surface area (Å²) in [6.07, 6.45) is 0.114. The Bertz CT molecular complexity index is 532. The fraction of sp³-hybridized carbons (Fsp3) is 0.400. The van der Waals surface area contributed by atoms with E-state index in [1.165, 1.54) is 12.1 Å². The van der Waals surface area contributed by atoms with Crippen LogP contribution in [0.25, 0.3) is 0 Å². The van der Waals surface area contributed by atoms with Crippen molar-refractivity contribution in [2.24, 2.45) is 5.14 Å². The van der Waals surface area contributed by atoms with Gasteiger partial charge in [0.1, 0.15) is 5.82 Å². The average Bonchev–Trinajstić information content (AvgIpc) is 2.63. The molecule has 94 valence electrons. The Morgan fingerprint density at radius 3 is 2.65 bits per heavy atom. The van der Waals surface area contributed by atoms with Crippen molar-refractivity contribution in [2.75, 3.05) is 18.0 Å². The van der Waals surface area contributed by atoms with Gasteiger partial charge in [0.2, 0.25) is 10.0 Å². The van der Waals surface area contributed by atoms with Crippen LogP contribution >= 0.6 is 0 Å². The molecular formula is C10H13FN2O3S. The first-order chi connectivity index (χ1) is 7.88. The number of β-amino-alcohol motifs (C(OH)–C–C–N with tert-alkyl or cyclic N) is 1. The van der Waals surface area contributed by atoms with Crippen LogP contribution < -0.4 is 10.0 Å². The summed E-state index contributed by atoms with van der Waals surface area (Å²) in [5.74, 6) is -0.648. The van der Waals surface area contributed by atoms with Crippen LogP contribution in [-0.4, -0.2) is 32.7 Å². The monoisotopic (exact) mass is 260 g/mol. The molecule has 0 aliphatic carbocycles. The van der Waals surface area contributed by atoms with Gasteiger partial charge in [-0.3, -0.25) is 0 Å². The number of rotatable bonds is 2. The van der Waals surface area contributed by atoms with Crippen molar-refractivity contribution < 1.29 is 17.9 Å². The van der Waals surface area contributed by atoms with Crippen LogP contribution in [0.4, 0.5) is 10.1 Å². The van der Waals surface area contributed by atoms with E-state index < -0.39 is 21.9 Å². The largest absolute Gasteiger partial charge is 0.391 e. The Kier molecular flexibility index (Phi) is 3.07. The molecule has 0 spiro atoms. The van der Waals surface area contributed by atoms with Crippen LogP contribution in [0.3, 0.4) is 0 Å². The highest BCUT2D eigenvalue weighted by Crippen LogP contribution is 2.25. The van der Waals surface area contributed by atoms with Crippen molar-refractivity contribution in [2.45, 2.75) is 17.4 Å². The highest BCUT2D eigenvalue weighted by molar-refractivity contribution is 7.89. The second-order valence-corrected chi connectivity index (χ2v) is 5.61. The summed E-state index contributed by atoms with van der Waals surface area (Å²) in [5.41, 5.74) is 0.286. The quantitative estimate of drug-likeness (QED) is 0.786. The molecule has 1 saturated heterocycles. The molecule has 3 N–H and O–H groups in total. The Morgan fingerprint density at radius 2 is 2.18 bits per heavy atom. The number of aliphatic hydroxyl groups excluding tert-OH is 1. The first-order valence-corrected chi connectivity index (χ1v) is 6.68. The second-order valence-electron chi connectivity index (χ2n) is 4.05. The molecule has 1 fully saturated rings. The molecule has 17 heavy (non-hydrogen) atoms. The lowest BCUT2D eigenvalue weighted by Crippen LogP contribution is -2.22. The third-order valence-corrected chi connectivity index (χ3v) is 3.66. The first kappa shape index (κ1) is 12.3. The van der Waals surface area contributed by atoms with Crippen LogP contribution in [0.2, 0.25) is 0 Å². The molecule has 1 aliphatic heterocycles. The molecule has 0 aromatic heterocycles. The van der Waals surface area contributed by atoms with Crippen LogP contribution in [0.15, 0.2) is 23.1 Å². The maximum Gasteiger partial charge on any atom is 0.238 e. The zero-order chi connectivity index (χ0) is 12.6. The highest BCUT2D eigenvalue weighted by Gasteiger charge is 2.23. The summed E-state index contributed by atoms with van der Waals surface area (Å²) in [5, 5.41) is 14.3. The summed E-state index contributed by atoms with van der Waals surface area (Å²) < 4.78 is 35.8. The Hall–Kier alpha value is -1.18. The van der Waals surface area contributed by atoms with E-state index in [9.17, 15) is 17.9 Å². The number of sulfonamides is 1. The Morgan fingerprint density at radius 1 is 1.47 bits per heavy atom. The van der Waals surface area contributed by atoms with Crippen LogP contribution in [0, 0.1) is 5.82 Å². The SMILES string of the molecule is NS(=O)(=O)c1ccc(N2CC[C@H](O)C2)c(F)c1. The third-order valence-electron chi connectivity index (χ3n) is 2.75. The van der Waals surface area contributed by atoms with Gasteiger partial charge in [-0.1, -0.05) is 0 Å². The maximum atomic E-state index is 13.7. The van der Waals surface area contributed by atoms with Crippen LogP contribution in [0.1, 0.15) is 6.42 Å². The van der Waals surface area contributed by atoms with Crippen molar-refractivity contribution in [1.29, 1.82) is 0 Å². The Balaban J connectivity index is 2.32. The third kappa shape index (κ3) is 2.56. The molecule has 0 radical (unpaired) electrons. The summed E-state index contributed by atoms with van der Waals surface area (Å²) in [7, 11) is -3.88. The molecule has 7 heteroatoms. The number of benzene rings is 1. The van der Waals surface area contributed by atoms with Crippen molar-refractivity contribution in [3.05, 3.63) is 24.0 Å². The topological polar surface area (TPSA) is 83.6 Å². The van der Waals surface area contributed by atoms with Gasteiger partial charge in [0.05, 0.1) is 16.7 Å². The lowest BCUT2D eigenvalue weighted by atomic mass is 10.3. The van der Waals surface area contributed by atoms with E-state index in [0.29, 0.717) is 19.5 Å². The first-order valence-electron chi connectivity index (χ1n) is 5.13. The smallest absolute Gasteiger partial charge is 0.238 e. The van der Waals surface area contributed by atoms with Crippen LogP contribution in [0.5, 0.6) is 0 Å². The van der Waals surface area contributed by atoms with Crippen molar-refractivity contribution in [3.8, 4) is 0 Å². The van der Waals surface area contributed by atoms with E-state index in [4.69, 9.17) is 5.14 Å². The summed E-state index contributed by atoms with van der Waals surface area (Å²) in [6.45, 7) is 0.901. The minimum atomic E-state index is -3.88. The van der Waals surface area contributed by atoms with Crippen molar-refractivity contribution in [1.82, 2.24) is 0 Å². The van der Waals surface area contributed by atoms with E-state index in [0.717, 1.165) is 6.07 Å². The maximum absolute atomic E-state index is 13.7. The van der Waals surface area contributed by atoms with Gasteiger partial charge in [-0.25, -0.2) is 17.9 Å². The second kappa shape index (κ2) is 4.25. The van der Waals surface area contributed by atoms with E-state index in [1.54, 1.807) is 4.90 Å². The molecule has 0 amide bonds. The molecule has 2 rings (SSSR count). The fourth-order valence-electron chi connectivity index (χ4n) is 1.88. The number of nitrogens with two attached hydrogens (primary N) is 1. The number of nitrogens with zero attached hydrogens (tertiary/aromatic N) is 1. The zero-order valence-electron chi connectivity index (χ0n) is 9.01. The van der Waals surface area contributed by atoms with Gasteiger partial charge in [0, 0.05) is 13.1 Å². The molecule has 0 bridgehead atoms.